The smallest absolute Gasteiger partial charge is 0.324 e. The molecule has 0 saturated heterocycles. The van der Waals surface area contributed by atoms with Gasteiger partial charge in [-0.15, -0.1) is 0 Å². The van der Waals surface area contributed by atoms with Gasteiger partial charge in [-0.25, -0.2) is 18.4 Å². The number of benzene rings is 2. The van der Waals surface area contributed by atoms with Crippen molar-refractivity contribution in [2.75, 3.05) is 4.90 Å². The van der Waals surface area contributed by atoms with E-state index in [0.29, 0.717) is 5.69 Å². The van der Waals surface area contributed by atoms with Crippen molar-refractivity contribution in [2.45, 2.75) is 4.90 Å². The van der Waals surface area contributed by atoms with Crippen LogP contribution in [-0.4, -0.2) is 19.6 Å². The zero-order chi connectivity index (χ0) is 16.5. The number of halogens is 1. The summed E-state index contributed by atoms with van der Waals surface area (Å²) in [4.78, 5) is 12.0. The number of anilines is 2. The van der Waals surface area contributed by atoms with Gasteiger partial charge in [0.2, 0.25) is 10.0 Å². The summed E-state index contributed by atoms with van der Waals surface area (Å²) in [6.45, 7) is 0. The number of phenolic OH excluding ortho intramolecular Hbond substituents is 1. The quantitative estimate of drug-likeness (QED) is 0.787. The number of para-hydroxylation sites is 1. The minimum atomic E-state index is -4.29. The number of phenols is 1. The van der Waals surface area contributed by atoms with Crippen molar-refractivity contribution < 1.29 is 18.3 Å². The van der Waals surface area contributed by atoms with Crippen molar-refractivity contribution in [3.05, 3.63) is 47.5 Å². The first-order valence-electron chi connectivity index (χ1n) is 5.92. The molecule has 5 N–H and O–H groups in total. The molecule has 0 heterocycles. The van der Waals surface area contributed by atoms with Crippen molar-refractivity contribution in [2.24, 2.45) is 10.9 Å². The number of hydrogen-bond donors (Lipinski definition) is 3. The van der Waals surface area contributed by atoms with Crippen molar-refractivity contribution >= 4 is 39.0 Å². The van der Waals surface area contributed by atoms with E-state index in [0.717, 1.165) is 4.90 Å². The normalized spacial score (nSPS) is 11.2. The Labute approximate surface area is 131 Å². The Balaban J connectivity index is 2.73. The topological polar surface area (TPSA) is 127 Å². The number of carbonyl (C=O) groups is 1. The summed E-state index contributed by atoms with van der Waals surface area (Å²) < 4.78 is 23.1. The van der Waals surface area contributed by atoms with E-state index in [1.54, 1.807) is 30.3 Å². The minimum Gasteiger partial charge on any atom is -0.504 e. The number of carbonyl (C=O) groups excluding carboxylic acids is 1. The molecule has 0 radical (unpaired) electrons. The number of hydrogen-bond acceptors (Lipinski definition) is 4. The van der Waals surface area contributed by atoms with E-state index >= 15 is 0 Å². The van der Waals surface area contributed by atoms with Crippen molar-refractivity contribution in [1.29, 1.82) is 0 Å². The summed E-state index contributed by atoms with van der Waals surface area (Å²) in [7, 11) is -4.29. The van der Waals surface area contributed by atoms with Crippen molar-refractivity contribution in [3.8, 4) is 5.75 Å². The molecule has 0 fully saturated rings. The number of nitrogens with two attached hydrogens (primary N) is 2. The van der Waals surface area contributed by atoms with Gasteiger partial charge in [0, 0.05) is 0 Å². The number of sulfonamides is 1. The van der Waals surface area contributed by atoms with Crippen LogP contribution in [0.4, 0.5) is 16.2 Å². The van der Waals surface area contributed by atoms with Crippen LogP contribution in [0.5, 0.6) is 5.75 Å². The first-order chi connectivity index (χ1) is 10.2. The number of urea groups is 1. The summed E-state index contributed by atoms with van der Waals surface area (Å²) in [6.07, 6.45) is 0. The molecule has 0 atom stereocenters. The number of primary sulfonamides is 1. The van der Waals surface area contributed by atoms with Gasteiger partial charge >= 0.3 is 6.03 Å². The summed E-state index contributed by atoms with van der Waals surface area (Å²) in [5.41, 5.74) is 5.52. The van der Waals surface area contributed by atoms with E-state index in [9.17, 15) is 18.3 Å². The fourth-order valence-corrected chi connectivity index (χ4v) is 3.14. The molecule has 2 amide bonds. The molecule has 0 aliphatic carbocycles. The molecule has 22 heavy (non-hydrogen) atoms. The maximum Gasteiger partial charge on any atom is 0.324 e. The maximum absolute atomic E-state index is 11.7. The van der Waals surface area contributed by atoms with Crippen LogP contribution in [0, 0.1) is 0 Å². The van der Waals surface area contributed by atoms with Gasteiger partial charge in [-0.05, 0) is 24.3 Å². The third-order valence-corrected chi connectivity index (χ3v) is 4.23. The number of primary amides is 1. The van der Waals surface area contributed by atoms with Crippen LogP contribution in [0.25, 0.3) is 0 Å². The highest BCUT2D eigenvalue weighted by molar-refractivity contribution is 7.89. The molecular formula is C13H12ClN3O4S. The first-order valence-corrected chi connectivity index (χ1v) is 7.85. The number of aromatic hydroxyl groups is 1. The number of amides is 2. The summed E-state index contributed by atoms with van der Waals surface area (Å²) >= 11 is 5.76. The lowest BCUT2D eigenvalue weighted by molar-refractivity contribution is 0.256. The molecule has 0 spiro atoms. The Hall–Kier alpha value is -2.29. The van der Waals surface area contributed by atoms with Gasteiger partial charge in [0.15, 0.2) is 5.75 Å². The predicted octanol–water partition coefficient (Wildman–Crippen LogP) is 1.91. The Kier molecular flexibility index (Phi) is 4.27. The van der Waals surface area contributed by atoms with Crippen LogP contribution in [0.3, 0.4) is 0 Å². The zero-order valence-corrected chi connectivity index (χ0v) is 12.7. The van der Waals surface area contributed by atoms with Gasteiger partial charge in [-0.3, -0.25) is 4.90 Å². The van der Waals surface area contributed by atoms with Crippen LogP contribution in [0.15, 0.2) is 47.4 Å². The Morgan fingerprint density at radius 2 is 1.73 bits per heavy atom. The number of rotatable bonds is 3. The highest BCUT2D eigenvalue weighted by Crippen LogP contribution is 2.40. The first kappa shape index (κ1) is 16.1. The second kappa shape index (κ2) is 5.84. The van der Waals surface area contributed by atoms with E-state index in [1.165, 1.54) is 12.1 Å². The van der Waals surface area contributed by atoms with Crippen LogP contribution < -0.4 is 15.8 Å². The summed E-state index contributed by atoms with van der Waals surface area (Å²) in [5, 5.41) is 15.0. The van der Waals surface area contributed by atoms with Gasteiger partial charge in [0.1, 0.15) is 4.90 Å². The Morgan fingerprint density at radius 1 is 1.14 bits per heavy atom. The van der Waals surface area contributed by atoms with Crippen LogP contribution in [0.2, 0.25) is 5.02 Å². The van der Waals surface area contributed by atoms with Gasteiger partial charge in [0.25, 0.3) is 0 Å². The van der Waals surface area contributed by atoms with E-state index in [1.807, 2.05) is 0 Å². The van der Waals surface area contributed by atoms with E-state index < -0.39 is 26.7 Å². The lowest BCUT2D eigenvalue weighted by atomic mass is 10.2. The van der Waals surface area contributed by atoms with Gasteiger partial charge in [-0.2, -0.15) is 0 Å². The Morgan fingerprint density at radius 3 is 2.23 bits per heavy atom. The van der Waals surface area contributed by atoms with Crippen LogP contribution >= 0.6 is 11.6 Å². The molecule has 2 rings (SSSR count). The molecule has 0 bridgehead atoms. The SMILES string of the molecule is NC(=O)N(c1ccccc1)c1ccc(Cl)c(S(N)(=O)=O)c1O. The molecule has 0 aliphatic heterocycles. The molecule has 0 saturated carbocycles. The molecule has 0 unspecified atom stereocenters. The second-order valence-corrected chi connectivity index (χ2v) is 6.20. The molecule has 116 valence electrons. The van der Waals surface area contributed by atoms with Gasteiger partial charge < -0.3 is 10.8 Å². The summed E-state index contributed by atoms with van der Waals surface area (Å²) in [5.74, 6) is -0.752. The average molecular weight is 342 g/mol. The highest BCUT2D eigenvalue weighted by Gasteiger charge is 2.26. The van der Waals surface area contributed by atoms with E-state index in [4.69, 9.17) is 22.5 Å². The van der Waals surface area contributed by atoms with Crippen molar-refractivity contribution in [3.63, 3.8) is 0 Å². The predicted molar refractivity (Wildman–Crippen MR) is 82.7 cm³/mol. The third-order valence-electron chi connectivity index (χ3n) is 2.82. The monoisotopic (exact) mass is 341 g/mol. The lowest BCUT2D eigenvalue weighted by Crippen LogP contribution is -2.31. The van der Waals surface area contributed by atoms with Crippen molar-refractivity contribution in [1.82, 2.24) is 0 Å². The largest absolute Gasteiger partial charge is 0.504 e. The molecule has 2 aromatic rings. The highest BCUT2D eigenvalue weighted by atomic mass is 35.5. The molecular weight excluding hydrogens is 330 g/mol. The van der Waals surface area contributed by atoms with Crippen LogP contribution in [-0.2, 0) is 10.0 Å². The van der Waals surface area contributed by atoms with Gasteiger partial charge in [-0.1, -0.05) is 29.8 Å². The molecule has 9 heteroatoms. The number of nitrogens with zero attached hydrogens (tertiary/aromatic N) is 1. The van der Waals surface area contributed by atoms with Gasteiger partial charge in [0.05, 0.1) is 16.4 Å². The maximum atomic E-state index is 11.7. The Bertz CT molecular complexity index is 825. The molecule has 2 aromatic carbocycles. The second-order valence-electron chi connectivity index (χ2n) is 4.30. The molecule has 7 nitrogen and oxygen atoms in total. The standard InChI is InChI=1S/C13H12ClN3O4S/c14-9-6-7-10(11(18)12(9)22(16,20)21)17(13(15)19)8-4-2-1-3-5-8/h1-7,18H,(H2,15,19)(H2,16,20,21). The minimum absolute atomic E-state index is 0.146. The molecule has 0 aliphatic rings. The van der Waals surface area contributed by atoms with E-state index in [2.05, 4.69) is 0 Å². The molecule has 0 aromatic heterocycles. The zero-order valence-electron chi connectivity index (χ0n) is 11.1. The lowest BCUT2D eigenvalue weighted by Gasteiger charge is -2.22. The summed E-state index contributed by atoms with van der Waals surface area (Å²) in [6, 6.07) is 9.71. The average Bonchev–Trinajstić information content (AvgIpc) is 2.41. The third kappa shape index (κ3) is 2.98. The van der Waals surface area contributed by atoms with Crippen LogP contribution in [0.1, 0.15) is 0 Å². The fourth-order valence-electron chi connectivity index (χ4n) is 1.95. The fraction of sp³-hybridized carbons (Fsp3) is 0. The van der Waals surface area contributed by atoms with E-state index in [-0.39, 0.29) is 10.7 Å².